The number of methoxy groups -OCH3 is 1. The normalized spacial score (nSPS) is 11.2. The molecule has 0 aliphatic carbocycles. The maximum Gasteiger partial charge on any atom is 0.275 e. The number of aromatic nitrogens is 6. The van der Waals surface area contributed by atoms with Gasteiger partial charge in [-0.2, -0.15) is 10.2 Å². The first-order valence-corrected chi connectivity index (χ1v) is 8.60. The standard InChI is InChI=1S/C16H15N7O2S/c1-23-12(3-9(22-23)6-25-2)16(24)19-14-4-11(20-21-14)10-7-26-13-5-17-8-18-15(10)13/h3-5,7-8H,6H2,1-2H3,(H2,19,20,21,24). The van der Waals surface area contributed by atoms with E-state index in [9.17, 15) is 4.79 Å². The fraction of sp³-hybridized carbons (Fsp3) is 0.188. The Balaban J connectivity index is 1.56. The lowest BCUT2D eigenvalue weighted by atomic mass is 10.2. The van der Waals surface area contributed by atoms with Crippen LogP contribution >= 0.6 is 11.3 Å². The van der Waals surface area contributed by atoms with Crippen LogP contribution in [0.3, 0.4) is 0 Å². The number of anilines is 1. The minimum atomic E-state index is -0.294. The number of rotatable bonds is 5. The zero-order valence-electron chi connectivity index (χ0n) is 14.1. The first-order chi connectivity index (χ1) is 12.7. The highest BCUT2D eigenvalue weighted by molar-refractivity contribution is 7.17. The van der Waals surface area contributed by atoms with Crippen LogP contribution in [0.4, 0.5) is 5.82 Å². The monoisotopic (exact) mass is 369 g/mol. The van der Waals surface area contributed by atoms with Crippen LogP contribution in [-0.4, -0.2) is 43.0 Å². The van der Waals surface area contributed by atoms with Crippen molar-refractivity contribution < 1.29 is 9.53 Å². The Labute approximate surface area is 152 Å². The number of amides is 1. The predicted octanol–water partition coefficient (Wildman–Crippen LogP) is 2.21. The molecule has 0 aliphatic heterocycles. The molecule has 0 bridgehead atoms. The fourth-order valence-electron chi connectivity index (χ4n) is 2.64. The van der Waals surface area contributed by atoms with Crippen LogP contribution in [0.2, 0.25) is 0 Å². The Bertz CT molecular complexity index is 1080. The van der Waals surface area contributed by atoms with Crippen molar-refractivity contribution in [3.05, 3.63) is 41.4 Å². The number of thiophene rings is 1. The minimum Gasteiger partial charge on any atom is -0.378 e. The number of hydrogen-bond donors (Lipinski definition) is 2. The number of hydrogen-bond acceptors (Lipinski definition) is 7. The summed E-state index contributed by atoms with van der Waals surface area (Å²) in [5.74, 6) is 0.130. The molecule has 0 fully saturated rings. The summed E-state index contributed by atoms with van der Waals surface area (Å²) in [6.45, 7) is 0.348. The molecule has 9 nitrogen and oxygen atoms in total. The van der Waals surface area contributed by atoms with Gasteiger partial charge in [-0.05, 0) is 6.07 Å². The van der Waals surface area contributed by atoms with Crippen LogP contribution in [0.5, 0.6) is 0 Å². The zero-order chi connectivity index (χ0) is 18.1. The molecule has 0 aliphatic rings. The largest absolute Gasteiger partial charge is 0.378 e. The van der Waals surface area contributed by atoms with Crippen molar-refractivity contribution in [1.82, 2.24) is 29.9 Å². The summed E-state index contributed by atoms with van der Waals surface area (Å²) < 4.78 is 7.54. The van der Waals surface area contributed by atoms with Crippen LogP contribution in [0.25, 0.3) is 21.5 Å². The van der Waals surface area contributed by atoms with E-state index >= 15 is 0 Å². The van der Waals surface area contributed by atoms with Crippen LogP contribution in [-0.2, 0) is 18.4 Å². The van der Waals surface area contributed by atoms with E-state index in [1.807, 2.05) is 5.38 Å². The lowest BCUT2D eigenvalue weighted by Gasteiger charge is -2.01. The van der Waals surface area contributed by atoms with Crippen molar-refractivity contribution in [3.8, 4) is 11.3 Å². The summed E-state index contributed by atoms with van der Waals surface area (Å²) in [6.07, 6.45) is 3.28. The molecule has 0 spiro atoms. The van der Waals surface area contributed by atoms with Crippen molar-refractivity contribution in [2.75, 3.05) is 12.4 Å². The molecular formula is C16H15N7O2S. The molecule has 4 aromatic rings. The molecule has 0 aromatic carbocycles. The second-order valence-corrected chi connectivity index (χ2v) is 6.49. The van der Waals surface area contributed by atoms with E-state index in [2.05, 4.69) is 30.6 Å². The topological polar surface area (TPSA) is 111 Å². The Hall–Kier alpha value is -3.11. The van der Waals surface area contributed by atoms with Gasteiger partial charge in [-0.1, -0.05) is 0 Å². The molecule has 1 amide bonds. The first-order valence-electron chi connectivity index (χ1n) is 7.72. The maximum atomic E-state index is 12.5. The highest BCUT2D eigenvalue weighted by Crippen LogP contribution is 2.31. The second kappa shape index (κ2) is 6.65. The van der Waals surface area contributed by atoms with E-state index < -0.39 is 0 Å². The Morgan fingerprint density at radius 1 is 1.42 bits per heavy atom. The fourth-order valence-corrected chi connectivity index (χ4v) is 3.52. The van der Waals surface area contributed by atoms with Gasteiger partial charge in [0.15, 0.2) is 5.82 Å². The number of carbonyl (C=O) groups excluding carboxylic acids is 1. The molecule has 26 heavy (non-hydrogen) atoms. The van der Waals surface area contributed by atoms with Crippen LogP contribution in [0.15, 0.2) is 30.0 Å². The zero-order valence-corrected chi connectivity index (χ0v) is 14.9. The maximum absolute atomic E-state index is 12.5. The number of fused-ring (bicyclic) bond motifs is 1. The average Bonchev–Trinajstić information content (AvgIpc) is 3.33. The molecule has 10 heteroatoms. The van der Waals surface area contributed by atoms with Crippen molar-refractivity contribution in [3.63, 3.8) is 0 Å². The second-order valence-electron chi connectivity index (χ2n) is 5.58. The van der Waals surface area contributed by atoms with Gasteiger partial charge in [0.05, 0.1) is 28.2 Å². The predicted molar refractivity (Wildman–Crippen MR) is 96.9 cm³/mol. The number of carbonyl (C=O) groups is 1. The molecule has 4 rings (SSSR count). The van der Waals surface area contributed by atoms with Crippen LogP contribution < -0.4 is 5.32 Å². The lowest BCUT2D eigenvalue weighted by molar-refractivity contribution is 0.101. The molecule has 0 radical (unpaired) electrons. The van der Waals surface area contributed by atoms with E-state index in [0.29, 0.717) is 23.8 Å². The number of H-pyrrole nitrogens is 1. The van der Waals surface area contributed by atoms with Gasteiger partial charge in [-0.25, -0.2) is 9.97 Å². The SMILES string of the molecule is COCc1cc(C(=O)Nc2cc(-c3csc4cncnc34)[nH]n2)n(C)n1. The van der Waals surface area contributed by atoms with Crippen LogP contribution in [0, 0.1) is 0 Å². The molecule has 2 N–H and O–H groups in total. The molecule has 4 aromatic heterocycles. The van der Waals surface area contributed by atoms with E-state index in [1.54, 1.807) is 43.8 Å². The number of ether oxygens (including phenoxy) is 1. The molecule has 132 valence electrons. The molecule has 0 saturated carbocycles. The highest BCUT2D eigenvalue weighted by atomic mass is 32.1. The first kappa shape index (κ1) is 16.4. The van der Waals surface area contributed by atoms with Gasteiger partial charge in [0.1, 0.15) is 12.0 Å². The smallest absolute Gasteiger partial charge is 0.275 e. The van der Waals surface area contributed by atoms with Crippen LogP contribution in [0.1, 0.15) is 16.2 Å². The third-order valence-corrected chi connectivity index (χ3v) is 4.71. The van der Waals surface area contributed by atoms with Gasteiger partial charge in [0, 0.05) is 37.4 Å². The van der Waals surface area contributed by atoms with Gasteiger partial charge in [-0.15, -0.1) is 11.3 Å². The Kier molecular flexibility index (Phi) is 4.19. The molecule has 4 heterocycles. The van der Waals surface area contributed by atoms with Gasteiger partial charge in [-0.3, -0.25) is 14.6 Å². The molecular weight excluding hydrogens is 354 g/mol. The molecule has 0 atom stereocenters. The third-order valence-electron chi connectivity index (χ3n) is 3.80. The summed E-state index contributed by atoms with van der Waals surface area (Å²) in [6, 6.07) is 3.46. The van der Waals surface area contributed by atoms with E-state index in [1.165, 1.54) is 11.0 Å². The van der Waals surface area contributed by atoms with Crippen molar-refractivity contribution in [2.45, 2.75) is 6.61 Å². The van der Waals surface area contributed by atoms with Gasteiger partial charge >= 0.3 is 0 Å². The van der Waals surface area contributed by atoms with Gasteiger partial charge in [0.25, 0.3) is 5.91 Å². The summed E-state index contributed by atoms with van der Waals surface area (Å²) in [7, 11) is 3.29. The number of nitrogens with zero attached hydrogens (tertiary/aromatic N) is 5. The Morgan fingerprint density at radius 3 is 3.15 bits per heavy atom. The quantitative estimate of drug-likeness (QED) is 0.558. The number of aromatic amines is 1. The van der Waals surface area contributed by atoms with E-state index in [-0.39, 0.29) is 5.91 Å². The van der Waals surface area contributed by atoms with Crippen molar-refractivity contribution in [2.24, 2.45) is 7.05 Å². The average molecular weight is 369 g/mol. The van der Waals surface area contributed by atoms with Crippen molar-refractivity contribution in [1.29, 1.82) is 0 Å². The van der Waals surface area contributed by atoms with Crippen molar-refractivity contribution >= 4 is 33.3 Å². The number of nitrogens with one attached hydrogen (secondary N) is 2. The summed E-state index contributed by atoms with van der Waals surface area (Å²) in [5.41, 5.74) is 3.66. The summed E-state index contributed by atoms with van der Waals surface area (Å²) in [5, 5.41) is 16.1. The highest BCUT2D eigenvalue weighted by Gasteiger charge is 2.16. The van der Waals surface area contributed by atoms with Gasteiger partial charge < -0.3 is 10.1 Å². The minimum absolute atomic E-state index is 0.294. The molecule has 0 unspecified atom stereocenters. The summed E-state index contributed by atoms with van der Waals surface area (Å²) >= 11 is 1.55. The van der Waals surface area contributed by atoms with E-state index in [4.69, 9.17) is 4.74 Å². The lowest BCUT2D eigenvalue weighted by Crippen LogP contribution is -2.16. The molecule has 0 saturated heterocycles. The van der Waals surface area contributed by atoms with E-state index in [0.717, 1.165) is 21.5 Å². The van der Waals surface area contributed by atoms with Gasteiger partial charge in [0.2, 0.25) is 0 Å². The number of aryl methyl sites for hydroxylation is 1. The summed E-state index contributed by atoms with van der Waals surface area (Å²) in [4.78, 5) is 20.8. The Morgan fingerprint density at radius 2 is 2.31 bits per heavy atom. The third kappa shape index (κ3) is 2.95.